The first kappa shape index (κ1) is 18.5. The normalized spacial score (nSPS) is 14.9. The van der Waals surface area contributed by atoms with Crippen molar-refractivity contribution in [3.8, 4) is 11.4 Å². The van der Waals surface area contributed by atoms with Crippen LogP contribution in [0.5, 0.6) is 0 Å². The fraction of sp³-hybridized carbons (Fsp3) is 0.286. The maximum Gasteiger partial charge on any atom is 0.321 e. The SMILES string of the molecule is Cc1c(Cl)cccc1NC(=O)N1CCC(c2nc(-c3ccccc3)no2)CC1. The van der Waals surface area contributed by atoms with Crippen molar-refractivity contribution in [2.45, 2.75) is 25.7 Å². The summed E-state index contributed by atoms with van der Waals surface area (Å²) < 4.78 is 5.48. The summed E-state index contributed by atoms with van der Waals surface area (Å²) in [5.74, 6) is 1.42. The molecule has 1 aliphatic rings. The number of carbonyl (C=O) groups excluding carboxylic acids is 1. The highest BCUT2D eigenvalue weighted by Gasteiger charge is 2.28. The van der Waals surface area contributed by atoms with Gasteiger partial charge < -0.3 is 14.7 Å². The minimum atomic E-state index is -0.112. The molecule has 7 heteroatoms. The Morgan fingerprint density at radius 3 is 2.64 bits per heavy atom. The van der Waals surface area contributed by atoms with Crippen LogP contribution in [0.4, 0.5) is 10.5 Å². The molecule has 0 unspecified atom stereocenters. The average Bonchev–Trinajstić information content (AvgIpc) is 3.22. The van der Waals surface area contributed by atoms with E-state index in [1.54, 1.807) is 0 Å². The molecule has 1 N–H and O–H groups in total. The summed E-state index contributed by atoms with van der Waals surface area (Å²) in [5.41, 5.74) is 2.54. The van der Waals surface area contributed by atoms with Gasteiger partial charge in [-0.05, 0) is 37.5 Å². The van der Waals surface area contributed by atoms with E-state index in [4.69, 9.17) is 16.1 Å². The molecule has 4 rings (SSSR count). The van der Waals surface area contributed by atoms with Crippen molar-refractivity contribution in [1.29, 1.82) is 0 Å². The van der Waals surface area contributed by atoms with Gasteiger partial charge >= 0.3 is 6.03 Å². The molecule has 1 aliphatic heterocycles. The first-order chi connectivity index (χ1) is 13.6. The van der Waals surface area contributed by atoms with Crippen LogP contribution in [-0.4, -0.2) is 34.2 Å². The van der Waals surface area contributed by atoms with Crippen LogP contribution in [0.25, 0.3) is 11.4 Å². The number of carbonyl (C=O) groups is 1. The molecule has 2 amide bonds. The second-order valence-electron chi connectivity index (χ2n) is 6.93. The summed E-state index contributed by atoms with van der Waals surface area (Å²) in [6, 6.07) is 15.2. The number of nitrogens with one attached hydrogen (secondary N) is 1. The van der Waals surface area contributed by atoms with Crippen LogP contribution in [0.2, 0.25) is 5.02 Å². The number of urea groups is 1. The summed E-state index contributed by atoms with van der Waals surface area (Å²) in [6.07, 6.45) is 1.58. The highest BCUT2D eigenvalue weighted by atomic mass is 35.5. The molecule has 3 aromatic rings. The lowest BCUT2D eigenvalue weighted by Gasteiger charge is -2.30. The number of rotatable bonds is 3. The molecule has 1 aromatic heterocycles. The molecule has 0 atom stereocenters. The maximum absolute atomic E-state index is 12.6. The van der Waals surface area contributed by atoms with E-state index < -0.39 is 0 Å². The molecule has 0 aliphatic carbocycles. The van der Waals surface area contributed by atoms with Crippen molar-refractivity contribution < 1.29 is 9.32 Å². The highest BCUT2D eigenvalue weighted by molar-refractivity contribution is 6.31. The van der Waals surface area contributed by atoms with E-state index in [0.717, 1.165) is 29.7 Å². The summed E-state index contributed by atoms with van der Waals surface area (Å²) in [7, 11) is 0. The van der Waals surface area contributed by atoms with Gasteiger partial charge in [-0.1, -0.05) is 53.2 Å². The number of amides is 2. The Kier molecular flexibility index (Phi) is 5.30. The van der Waals surface area contributed by atoms with Gasteiger partial charge in [0.05, 0.1) is 0 Å². The van der Waals surface area contributed by atoms with Gasteiger partial charge in [0.15, 0.2) is 0 Å². The van der Waals surface area contributed by atoms with Crippen LogP contribution >= 0.6 is 11.6 Å². The van der Waals surface area contributed by atoms with Crippen molar-refractivity contribution in [3.05, 3.63) is 65.0 Å². The zero-order chi connectivity index (χ0) is 19.5. The van der Waals surface area contributed by atoms with Gasteiger partial charge in [-0.2, -0.15) is 4.98 Å². The van der Waals surface area contributed by atoms with Crippen molar-refractivity contribution >= 4 is 23.3 Å². The molecule has 1 saturated heterocycles. The molecule has 1 fully saturated rings. The quantitative estimate of drug-likeness (QED) is 0.667. The van der Waals surface area contributed by atoms with E-state index in [9.17, 15) is 4.79 Å². The number of piperidine rings is 1. The minimum Gasteiger partial charge on any atom is -0.339 e. The fourth-order valence-corrected chi connectivity index (χ4v) is 3.55. The number of nitrogens with zero attached hydrogens (tertiary/aromatic N) is 3. The lowest BCUT2D eigenvalue weighted by atomic mass is 9.97. The van der Waals surface area contributed by atoms with E-state index in [1.165, 1.54) is 0 Å². The van der Waals surface area contributed by atoms with E-state index >= 15 is 0 Å². The van der Waals surface area contributed by atoms with E-state index in [2.05, 4.69) is 15.5 Å². The number of hydrogen-bond donors (Lipinski definition) is 1. The topological polar surface area (TPSA) is 71.3 Å². The van der Waals surface area contributed by atoms with Gasteiger partial charge in [-0.25, -0.2) is 4.79 Å². The molecular formula is C21H21ClN4O2. The highest BCUT2D eigenvalue weighted by Crippen LogP contribution is 2.29. The lowest BCUT2D eigenvalue weighted by molar-refractivity contribution is 0.187. The van der Waals surface area contributed by atoms with Gasteiger partial charge in [0.1, 0.15) is 0 Å². The number of hydrogen-bond acceptors (Lipinski definition) is 4. The van der Waals surface area contributed by atoms with Crippen LogP contribution in [0.15, 0.2) is 53.1 Å². The van der Waals surface area contributed by atoms with Crippen LogP contribution < -0.4 is 5.32 Å². The molecule has 0 spiro atoms. The van der Waals surface area contributed by atoms with Crippen molar-refractivity contribution in [1.82, 2.24) is 15.0 Å². The Morgan fingerprint density at radius 1 is 1.14 bits per heavy atom. The fourth-order valence-electron chi connectivity index (χ4n) is 3.37. The lowest BCUT2D eigenvalue weighted by Crippen LogP contribution is -2.40. The number of aromatic nitrogens is 2. The predicted molar refractivity (Wildman–Crippen MR) is 108 cm³/mol. The van der Waals surface area contributed by atoms with Gasteiger partial charge in [0.25, 0.3) is 0 Å². The standard InChI is InChI=1S/C21H21ClN4O2/c1-14-17(22)8-5-9-18(14)23-21(27)26-12-10-16(11-13-26)20-24-19(25-28-20)15-6-3-2-4-7-15/h2-9,16H,10-13H2,1H3,(H,23,27). The number of benzene rings is 2. The molecule has 28 heavy (non-hydrogen) atoms. The predicted octanol–water partition coefficient (Wildman–Crippen LogP) is 5.11. The Morgan fingerprint density at radius 2 is 1.89 bits per heavy atom. The van der Waals surface area contributed by atoms with Crippen LogP contribution in [0, 0.1) is 6.92 Å². The smallest absolute Gasteiger partial charge is 0.321 e. The number of likely N-dealkylation sites (tertiary alicyclic amines) is 1. The van der Waals surface area contributed by atoms with Crippen LogP contribution in [0.1, 0.15) is 30.2 Å². The minimum absolute atomic E-state index is 0.112. The molecular weight excluding hydrogens is 376 g/mol. The molecule has 144 valence electrons. The van der Waals surface area contributed by atoms with Gasteiger partial charge in [-0.3, -0.25) is 0 Å². The zero-order valence-corrected chi connectivity index (χ0v) is 16.3. The van der Waals surface area contributed by atoms with Crippen LogP contribution in [-0.2, 0) is 0 Å². The second-order valence-corrected chi connectivity index (χ2v) is 7.33. The second kappa shape index (κ2) is 8.02. The number of anilines is 1. The zero-order valence-electron chi connectivity index (χ0n) is 15.6. The third-order valence-electron chi connectivity index (χ3n) is 5.11. The Bertz CT molecular complexity index is 966. The van der Waals surface area contributed by atoms with E-state index in [0.29, 0.717) is 29.8 Å². The molecule has 0 bridgehead atoms. The van der Waals surface area contributed by atoms with Gasteiger partial charge in [0, 0.05) is 35.3 Å². The molecule has 6 nitrogen and oxygen atoms in total. The van der Waals surface area contributed by atoms with Crippen molar-refractivity contribution in [2.75, 3.05) is 18.4 Å². The van der Waals surface area contributed by atoms with Crippen molar-refractivity contribution in [3.63, 3.8) is 0 Å². The summed E-state index contributed by atoms with van der Waals surface area (Å²) in [6.45, 7) is 3.17. The largest absolute Gasteiger partial charge is 0.339 e. The average molecular weight is 397 g/mol. The van der Waals surface area contributed by atoms with Crippen molar-refractivity contribution in [2.24, 2.45) is 0 Å². The first-order valence-corrected chi connectivity index (χ1v) is 9.69. The molecule has 0 saturated carbocycles. The van der Waals surface area contributed by atoms with Crippen LogP contribution in [0.3, 0.4) is 0 Å². The third-order valence-corrected chi connectivity index (χ3v) is 5.52. The summed E-state index contributed by atoms with van der Waals surface area (Å²) in [4.78, 5) is 18.9. The maximum atomic E-state index is 12.6. The first-order valence-electron chi connectivity index (χ1n) is 9.32. The summed E-state index contributed by atoms with van der Waals surface area (Å²) >= 11 is 6.13. The molecule has 0 radical (unpaired) electrons. The Labute approximate surface area is 168 Å². The van der Waals surface area contributed by atoms with E-state index in [-0.39, 0.29) is 11.9 Å². The molecule has 2 aromatic carbocycles. The number of halogens is 1. The van der Waals surface area contributed by atoms with Gasteiger partial charge in [0.2, 0.25) is 11.7 Å². The Hall–Kier alpha value is -2.86. The monoisotopic (exact) mass is 396 g/mol. The molecule has 2 heterocycles. The third kappa shape index (κ3) is 3.87. The summed E-state index contributed by atoms with van der Waals surface area (Å²) in [5, 5.41) is 7.69. The van der Waals surface area contributed by atoms with Gasteiger partial charge in [-0.15, -0.1) is 0 Å². The Balaban J connectivity index is 1.36. The van der Waals surface area contributed by atoms with E-state index in [1.807, 2.05) is 60.4 Å².